The summed E-state index contributed by atoms with van der Waals surface area (Å²) >= 11 is 12.3. The molecule has 0 aromatic heterocycles. The van der Waals surface area contributed by atoms with E-state index < -0.39 is 22.5 Å². The predicted octanol–water partition coefficient (Wildman–Crippen LogP) is 5.95. The van der Waals surface area contributed by atoms with Crippen LogP contribution >= 0.6 is 23.2 Å². The number of benzene rings is 3. The van der Waals surface area contributed by atoms with Gasteiger partial charge in [-0.25, -0.2) is 8.42 Å². The van der Waals surface area contributed by atoms with Gasteiger partial charge in [-0.2, -0.15) is 0 Å². The van der Waals surface area contributed by atoms with Gasteiger partial charge in [0.1, 0.15) is 6.54 Å². The Labute approximate surface area is 192 Å². The van der Waals surface area contributed by atoms with Gasteiger partial charge in [0.15, 0.2) is 0 Å². The zero-order valence-corrected chi connectivity index (χ0v) is 19.4. The summed E-state index contributed by atoms with van der Waals surface area (Å²) < 4.78 is 27.8. The van der Waals surface area contributed by atoms with Crippen molar-refractivity contribution in [1.29, 1.82) is 0 Å². The fourth-order valence-corrected chi connectivity index (χ4v) is 4.92. The van der Waals surface area contributed by atoms with E-state index in [4.69, 9.17) is 23.2 Å². The van der Waals surface area contributed by atoms with Crippen LogP contribution in [0.15, 0.2) is 77.7 Å². The van der Waals surface area contributed by atoms with Crippen LogP contribution in [-0.4, -0.2) is 20.9 Å². The minimum atomic E-state index is -3.99. The van der Waals surface area contributed by atoms with Gasteiger partial charge >= 0.3 is 0 Å². The van der Waals surface area contributed by atoms with Crippen LogP contribution in [0.25, 0.3) is 0 Å². The Bertz CT molecular complexity index is 1140. The molecule has 0 aliphatic rings. The zero-order chi connectivity index (χ0) is 22.6. The van der Waals surface area contributed by atoms with E-state index in [1.54, 1.807) is 48.5 Å². The van der Waals surface area contributed by atoms with Gasteiger partial charge in [-0.15, -0.1) is 0 Å². The summed E-state index contributed by atoms with van der Waals surface area (Å²) in [5, 5.41) is 3.15. The summed E-state index contributed by atoms with van der Waals surface area (Å²) in [5.41, 5.74) is 1.69. The summed E-state index contributed by atoms with van der Waals surface area (Å²) in [6, 6.07) is 19.9. The van der Waals surface area contributed by atoms with E-state index in [2.05, 4.69) is 5.32 Å². The fraction of sp³-hybridized carbons (Fsp3) is 0.174. The molecule has 3 aromatic rings. The van der Waals surface area contributed by atoms with Crippen LogP contribution in [0.2, 0.25) is 10.0 Å². The number of halogens is 2. The Kier molecular flexibility index (Phi) is 7.26. The Morgan fingerprint density at radius 2 is 1.48 bits per heavy atom. The third kappa shape index (κ3) is 5.39. The van der Waals surface area contributed by atoms with Crippen LogP contribution in [0.5, 0.6) is 0 Å². The van der Waals surface area contributed by atoms with Gasteiger partial charge in [0.25, 0.3) is 10.0 Å². The van der Waals surface area contributed by atoms with Crippen LogP contribution in [0.3, 0.4) is 0 Å². The number of hydrogen-bond donors (Lipinski definition) is 1. The van der Waals surface area contributed by atoms with Crippen LogP contribution in [0, 0.1) is 0 Å². The first-order chi connectivity index (χ1) is 14.7. The Morgan fingerprint density at radius 1 is 0.903 bits per heavy atom. The summed E-state index contributed by atoms with van der Waals surface area (Å²) in [6.45, 7) is 3.66. The maximum atomic E-state index is 13.4. The van der Waals surface area contributed by atoms with Gasteiger partial charge in [0.2, 0.25) is 5.91 Å². The second kappa shape index (κ2) is 9.73. The van der Waals surface area contributed by atoms with Crippen molar-refractivity contribution in [3.8, 4) is 0 Å². The molecule has 1 amide bonds. The largest absolute Gasteiger partial charge is 0.322 e. The lowest BCUT2D eigenvalue weighted by atomic mass is 10.0. The van der Waals surface area contributed by atoms with Crippen LogP contribution in [0.1, 0.15) is 25.3 Å². The van der Waals surface area contributed by atoms with Crippen molar-refractivity contribution in [2.45, 2.75) is 24.7 Å². The molecular weight excluding hydrogens is 455 g/mol. The zero-order valence-electron chi connectivity index (χ0n) is 17.0. The third-order valence-corrected chi connectivity index (χ3v) is 7.11. The first-order valence-corrected chi connectivity index (χ1v) is 11.8. The molecular formula is C23H22Cl2N2O3S. The van der Waals surface area contributed by atoms with E-state index in [9.17, 15) is 13.2 Å². The molecule has 162 valence electrons. The molecule has 0 unspecified atom stereocenters. The van der Waals surface area contributed by atoms with Crippen LogP contribution in [-0.2, 0) is 14.8 Å². The molecule has 3 rings (SSSR count). The number of para-hydroxylation sites is 1. The molecule has 8 heteroatoms. The van der Waals surface area contributed by atoms with Crippen molar-refractivity contribution in [1.82, 2.24) is 0 Å². The first kappa shape index (κ1) is 23.1. The number of sulfonamides is 1. The summed E-state index contributed by atoms with van der Waals surface area (Å²) in [5.74, 6) is -0.277. The number of nitrogens with zero attached hydrogens (tertiary/aromatic N) is 1. The maximum Gasteiger partial charge on any atom is 0.264 e. The van der Waals surface area contributed by atoms with Gasteiger partial charge in [-0.3, -0.25) is 9.10 Å². The van der Waals surface area contributed by atoms with Crippen molar-refractivity contribution in [3.63, 3.8) is 0 Å². The van der Waals surface area contributed by atoms with E-state index in [0.717, 1.165) is 9.87 Å². The molecule has 0 spiro atoms. The van der Waals surface area contributed by atoms with Crippen molar-refractivity contribution in [3.05, 3.63) is 88.4 Å². The van der Waals surface area contributed by atoms with E-state index in [0.29, 0.717) is 11.6 Å². The molecule has 5 nitrogen and oxygen atoms in total. The van der Waals surface area contributed by atoms with E-state index in [1.165, 1.54) is 12.1 Å². The van der Waals surface area contributed by atoms with Crippen molar-refractivity contribution < 1.29 is 13.2 Å². The number of hydrogen-bond acceptors (Lipinski definition) is 3. The second-order valence-corrected chi connectivity index (χ2v) is 9.89. The predicted molar refractivity (Wildman–Crippen MR) is 127 cm³/mol. The normalized spacial score (nSPS) is 11.4. The Balaban J connectivity index is 1.97. The minimum absolute atomic E-state index is 0.0894. The number of nitrogens with one attached hydrogen (secondary N) is 1. The number of anilines is 2. The number of carbonyl (C=O) groups is 1. The highest BCUT2D eigenvalue weighted by Crippen LogP contribution is 2.30. The van der Waals surface area contributed by atoms with E-state index >= 15 is 0 Å². The third-order valence-electron chi connectivity index (χ3n) is 4.69. The summed E-state index contributed by atoms with van der Waals surface area (Å²) in [4.78, 5) is 12.9. The molecule has 3 aromatic carbocycles. The Morgan fingerprint density at radius 3 is 2.03 bits per heavy atom. The van der Waals surface area contributed by atoms with E-state index in [1.807, 2.05) is 26.0 Å². The average Bonchev–Trinajstić information content (AvgIpc) is 2.75. The van der Waals surface area contributed by atoms with Crippen LogP contribution in [0.4, 0.5) is 11.4 Å². The van der Waals surface area contributed by atoms with Crippen molar-refractivity contribution in [2.24, 2.45) is 0 Å². The first-order valence-electron chi connectivity index (χ1n) is 9.61. The molecule has 1 N–H and O–H groups in total. The highest BCUT2D eigenvalue weighted by atomic mass is 35.5. The molecule has 0 aliphatic carbocycles. The molecule has 0 radical (unpaired) electrons. The van der Waals surface area contributed by atoms with Gasteiger partial charge in [-0.1, -0.05) is 73.4 Å². The molecule has 0 aliphatic heterocycles. The molecule has 0 saturated heterocycles. The van der Waals surface area contributed by atoms with Crippen LogP contribution < -0.4 is 9.62 Å². The lowest BCUT2D eigenvalue weighted by molar-refractivity contribution is -0.114. The molecule has 0 heterocycles. The molecule has 0 fully saturated rings. The Hall–Kier alpha value is -2.54. The summed E-state index contributed by atoms with van der Waals surface area (Å²) in [6.07, 6.45) is 0. The highest BCUT2D eigenvalue weighted by molar-refractivity contribution is 7.92. The smallest absolute Gasteiger partial charge is 0.264 e. The van der Waals surface area contributed by atoms with Gasteiger partial charge in [-0.05, 0) is 47.9 Å². The van der Waals surface area contributed by atoms with Gasteiger partial charge < -0.3 is 5.32 Å². The van der Waals surface area contributed by atoms with E-state index in [-0.39, 0.29) is 20.6 Å². The van der Waals surface area contributed by atoms with Gasteiger partial charge in [0.05, 0.1) is 26.3 Å². The van der Waals surface area contributed by atoms with Crippen molar-refractivity contribution in [2.75, 3.05) is 16.2 Å². The molecule has 0 saturated carbocycles. The monoisotopic (exact) mass is 476 g/mol. The highest BCUT2D eigenvalue weighted by Gasteiger charge is 2.27. The lowest BCUT2D eigenvalue weighted by Crippen LogP contribution is -2.38. The molecule has 0 bridgehead atoms. The van der Waals surface area contributed by atoms with Crippen molar-refractivity contribution >= 4 is 50.5 Å². The number of carbonyl (C=O) groups excluding carboxylic acids is 1. The number of amides is 1. The lowest BCUT2D eigenvalue weighted by Gasteiger charge is -2.24. The number of rotatable bonds is 7. The standard InChI is InChI=1S/C23H22Cl2N2O3S/c1-16(2)17-11-13-18(14-12-17)27(31(29,30)19-7-4-3-5-8-19)15-22(28)26-23-20(24)9-6-10-21(23)25/h3-14,16H,15H2,1-2H3,(H,26,28). The molecule has 0 atom stereocenters. The van der Waals surface area contributed by atoms with Gasteiger partial charge in [0, 0.05) is 0 Å². The minimum Gasteiger partial charge on any atom is -0.322 e. The topological polar surface area (TPSA) is 66.5 Å². The quantitative estimate of drug-likeness (QED) is 0.457. The average molecular weight is 477 g/mol. The second-order valence-electron chi connectivity index (χ2n) is 7.22. The maximum absolute atomic E-state index is 13.4. The molecule has 31 heavy (non-hydrogen) atoms. The SMILES string of the molecule is CC(C)c1ccc(N(CC(=O)Nc2c(Cl)cccc2Cl)S(=O)(=O)c2ccccc2)cc1. The fourth-order valence-electron chi connectivity index (χ4n) is 2.99. The summed E-state index contributed by atoms with van der Waals surface area (Å²) in [7, 11) is -3.99.